The van der Waals surface area contributed by atoms with Crippen molar-refractivity contribution in [2.75, 3.05) is 5.32 Å². The molecule has 0 aliphatic heterocycles. The van der Waals surface area contributed by atoms with Gasteiger partial charge in [-0.2, -0.15) is 0 Å². The quantitative estimate of drug-likeness (QED) is 0.487. The number of rotatable bonds is 3. The molecule has 0 atom stereocenters. The molecule has 1 amide bonds. The van der Waals surface area contributed by atoms with Crippen molar-refractivity contribution >= 4 is 40.2 Å². The molecule has 0 fully saturated rings. The molecule has 0 aliphatic rings. The zero-order valence-electron chi connectivity index (χ0n) is 9.92. The fourth-order valence-corrected chi connectivity index (χ4v) is 2.36. The highest BCUT2D eigenvalue weighted by molar-refractivity contribution is 7.12. The van der Waals surface area contributed by atoms with Crippen LogP contribution in [0.5, 0.6) is 0 Å². The van der Waals surface area contributed by atoms with Crippen molar-refractivity contribution in [3.8, 4) is 0 Å². The van der Waals surface area contributed by atoms with Gasteiger partial charge in [0.2, 0.25) is 0 Å². The molecule has 0 radical (unpaired) electrons. The smallest absolute Gasteiger partial charge is 0.266 e. The first-order valence-corrected chi connectivity index (χ1v) is 6.57. The van der Waals surface area contributed by atoms with Crippen LogP contribution in [0.15, 0.2) is 34.8 Å². The molecule has 1 N–H and O–H groups in total. The Kier molecular flexibility index (Phi) is 4.06. The fraction of sp³-hybridized carbons (Fsp3) is 0.0833. The van der Waals surface area contributed by atoms with E-state index in [1.54, 1.807) is 23.6 Å². The Balaban J connectivity index is 2.23. The molecular formula is C12H9ClN4OS. The SMILES string of the molecule is Cc1ccc(NC(=O)c2sccc2N=[N+]=[N-])cc1Cl. The Labute approximate surface area is 118 Å². The number of carbonyl (C=O) groups is 1. The van der Waals surface area contributed by atoms with Crippen LogP contribution in [0.25, 0.3) is 10.4 Å². The highest BCUT2D eigenvalue weighted by Gasteiger charge is 2.12. The Hall–Kier alpha value is -2.01. The van der Waals surface area contributed by atoms with Crippen LogP contribution >= 0.6 is 22.9 Å². The Morgan fingerprint density at radius 3 is 2.95 bits per heavy atom. The number of halogens is 1. The predicted molar refractivity (Wildman–Crippen MR) is 77.3 cm³/mol. The second kappa shape index (κ2) is 5.75. The standard InChI is InChI=1S/C12H9ClN4OS/c1-7-2-3-8(6-9(7)13)15-12(18)11-10(16-17-14)4-5-19-11/h2-6H,1H3,(H,15,18). The number of benzene rings is 1. The molecule has 2 aromatic rings. The largest absolute Gasteiger partial charge is 0.321 e. The van der Waals surface area contributed by atoms with Gasteiger partial charge in [0.15, 0.2) is 0 Å². The van der Waals surface area contributed by atoms with Gasteiger partial charge in [0.05, 0.1) is 5.69 Å². The Morgan fingerprint density at radius 2 is 2.26 bits per heavy atom. The summed E-state index contributed by atoms with van der Waals surface area (Å²) in [5.74, 6) is -0.322. The number of amides is 1. The van der Waals surface area contributed by atoms with Gasteiger partial charge in [0, 0.05) is 15.6 Å². The molecule has 0 saturated heterocycles. The molecule has 1 heterocycles. The summed E-state index contributed by atoms with van der Waals surface area (Å²) in [5, 5.41) is 8.46. The normalized spacial score (nSPS) is 9.79. The van der Waals surface area contributed by atoms with E-state index in [0.29, 0.717) is 21.3 Å². The molecule has 0 bridgehead atoms. The molecule has 0 saturated carbocycles. The molecule has 1 aromatic heterocycles. The number of nitrogens with zero attached hydrogens (tertiary/aromatic N) is 3. The van der Waals surface area contributed by atoms with Crippen LogP contribution in [0.4, 0.5) is 11.4 Å². The van der Waals surface area contributed by atoms with Crippen molar-refractivity contribution in [1.29, 1.82) is 0 Å². The molecule has 0 unspecified atom stereocenters. The number of anilines is 1. The number of carbonyl (C=O) groups excluding carboxylic acids is 1. The zero-order chi connectivity index (χ0) is 13.8. The van der Waals surface area contributed by atoms with Crippen molar-refractivity contribution in [2.45, 2.75) is 6.92 Å². The minimum atomic E-state index is -0.322. The molecule has 96 valence electrons. The number of nitrogens with one attached hydrogen (secondary N) is 1. The van der Waals surface area contributed by atoms with Crippen LogP contribution in [0.3, 0.4) is 0 Å². The number of hydrogen-bond donors (Lipinski definition) is 1. The number of thiophene rings is 1. The summed E-state index contributed by atoms with van der Waals surface area (Å²) in [6, 6.07) is 6.86. The van der Waals surface area contributed by atoms with Gasteiger partial charge in [0.1, 0.15) is 4.88 Å². The van der Waals surface area contributed by atoms with E-state index in [1.165, 1.54) is 11.3 Å². The average molecular weight is 293 g/mol. The lowest BCUT2D eigenvalue weighted by Gasteiger charge is -2.06. The highest BCUT2D eigenvalue weighted by Crippen LogP contribution is 2.27. The van der Waals surface area contributed by atoms with Crippen molar-refractivity contribution < 1.29 is 4.79 Å². The molecule has 7 heteroatoms. The predicted octanol–water partition coefficient (Wildman–Crippen LogP) is 4.90. The van der Waals surface area contributed by atoms with E-state index in [-0.39, 0.29) is 5.91 Å². The maximum absolute atomic E-state index is 12.0. The van der Waals surface area contributed by atoms with Gasteiger partial charge in [-0.1, -0.05) is 22.8 Å². The number of aryl methyl sites for hydroxylation is 1. The number of azide groups is 1. The topological polar surface area (TPSA) is 77.9 Å². The van der Waals surface area contributed by atoms with Crippen molar-refractivity contribution in [2.24, 2.45) is 5.11 Å². The van der Waals surface area contributed by atoms with Crippen LogP contribution in [0.2, 0.25) is 5.02 Å². The van der Waals surface area contributed by atoms with Crippen LogP contribution < -0.4 is 5.32 Å². The summed E-state index contributed by atoms with van der Waals surface area (Å²) in [6.07, 6.45) is 0. The van der Waals surface area contributed by atoms with Gasteiger partial charge in [-0.3, -0.25) is 4.79 Å². The maximum Gasteiger partial charge on any atom is 0.266 e. The minimum absolute atomic E-state index is 0.322. The van der Waals surface area contributed by atoms with Gasteiger partial charge in [-0.05, 0) is 41.6 Å². The van der Waals surface area contributed by atoms with E-state index in [2.05, 4.69) is 15.3 Å². The average Bonchev–Trinajstić information content (AvgIpc) is 2.83. The summed E-state index contributed by atoms with van der Waals surface area (Å²) in [4.78, 5) is 15.1. The van der Waals surface area contributed by atoms with Gasteiger partial charge < -0.3 is 5.32 Å². The molecule has 5 nitrogen and oxygen atoms in total. The fourth-order valence-electron chi connectivity index (χ4n) is 1.46. The first kappa shape index (κ1) is 13.4. The molecule has 2 rings (SSSR count). The van der Waals surface area contributed by atoms with E-state index in [9.17, 15) is 4.79 Å². The third-order valence-electron chi connectivity index (χ3n) is 2.43. The number of hydrogen-bond acceptors (Lipinski definition) is 3. The lowest BCUT2D eigenvalue weighted by atomic mass is 10.2. The van der Waals surface area contributed by atoms with E-state index in [1.807, 2.05) is 13.0 Å². The van der Waals surface area contributed by atoms with Gasteiger partial charge >= 0.3 is 0 Å². The van der Waals surface area contributed by atoms with Gasteiger partial charge in [-0.25, -0.2) is 0 Å². The monoisotopic (exact) mass is 292 g/mol. The van der Waals surface area contributed by atoms with Gasteiger partial charge in [0.25, 0.3) is 5.91 Å². The van der Waals surface area contributed by atoms with Crippen molar-refractivity contribution in [3.63, 3.8) is 0 Å². The Bertz CT molecular complexity index is 676. The van der Waals surface area contributed by atoms with Crippen molar-refractivity contribution in [1.82, 2.24) is 0 Å². The summed E-state index contributed by atoms with van der Waals surface area (Å²) >= 11 is 7.20. The molecule has 0 aliphatic carbocycles. The van der Waals surface area contributed by atoms with E-state index >= 15 is 0 Å². The minimum Gasteiger partial charge on any atom is -0.321 e. The van der Waals surface area contributed by atoms with E-state index < -0.39 is 0 Å². The Morgan fingerprint density at radius 1 is 1.47 bits per heavy atom. The molecule has 0 spiro atoms. The molecule has 19 heavy (non-hydrogen) atoms. The van der Waals surface area contributed by atoms with E-state index in [0.717, 1.165) is 5.56 Å². The van der Waals surface area contributed by atoms with Crippen LogP contribution in [-0.4, -0.2) is 5.91 Å². The van der Waals surface area contributed by atoms with Gasteiger partial charge in [-0.15, -0.1) is 11.3 Å². The first-order valence-electron chi connectivity index (χ1n) is 5.32. The summed E-state index contributed by atoms with van der Waals surface area (Å²) in [6.45, 7) is 1.88. The molecule has 1 aromatic carbocycles. The van der Waals surface area contributed by atoms with Crippen LogP contribution in [-0.2, 0) is 0 Å². The third-order valence-corrected chi connectivity index (χ3v) is 3.74. The second-order valence-corrected chi connectivity index (χ2v) is 5.07. The summed E-state index contributed by atoms with van der Waals surface area (Å²) < 4.78 is 0. The van der Waals surface area contributed by atoms with Crippen molar-refractivity contribution in [3.05, 3.63) is 55.6 Å². The maximum atomic E-state index is 12.0. The second-order valence-electron chi connectivity index (χ2n) is 3.74. The zero-order valence-corrected chi connectivity index (χ0v) is 11.5. The summed E-state index contributed by atoms with van der Waals surface area (Å²) in [7, 11) is 0. The van der Waals surface area contributed by atoms with E-state index in [4.69, 9.17) is 17.1 Å². The third kappa shape index (κ3) is 3.06. The van der Waals surface area contributed by atoms with Crippen LogP contribution in [0.1, 0.15) is 15.2 Å². The highest BCUT2D eigenvalue weighted by atomic mass is 35.5. The van der Waals surface area contributed by atoms with Crippen LogP contribution in [0, 0.1) is 6.92 Å². The lowest BCUT2D eigenvalue weighted by molar-refractivity contribution is 0.103. The summed E-state index contributed by atoms with van der Waals surface area (Å²) in [5.41, 5.74) is 10.3. The molecular weight excluding hydrogens is 284 g/mol. The lowest BCUT2D eigenvalue weighted by Crippen LogP contribution is -2.10. The first-order chi connectivity index (χ1) is 9.11.